The predicted octanol–water partition coefficient (Wildman–Crippen LogP) is 1.41. The summed E-state index contributed by atoms with van der Waals surface area (Å²) >= 11 is 0. The van der Waals surface area contributed by atoms with Crippen molar-refractivity contribution in [1.29, 1.82) is 0 Å². The van der Waals surface area contributed by atoms with E-state index in [0.29, 0.717) is 6.54 Å². The van der Waals surface area contributed by atoms with Gasteiger partial charge in [0, 0.05) is 6.54 Å². The molecule has 4 nitrogen and oxygen atoms in total. The van der Waals surface area contributed by atoms with Gasteiger partial charge in [-0.2, -0.15) is 13.2 Å². The van der Waals surface area contributed by atoms with Gasteiger partial charge in [-0.15, -0.1) is 0 Å². The van der Waals surface area contributed by atoms with Gasteiger partial charge in [-0.1, -0.05) is 6.92 Å². The summed E-state index contributed by atoms with van der Waals surface area (Å²) in [4.78, 5) is 12.7. The van der Waals surface area contributed by atoms with Gasteiger partial charge < -0.3 is 10.1 Å². The number of ether oxygens (including phenoxy) is 1. The molecule has 0 spiro atoms. The molecule has 0 aromatic heterocycles. The largest absolute Gasteiger partial charge is 0.468 e. The van der Waals surface area contributed by atoms with Gasteiger partial charge in [-0.25, -0.2) is 0 Å². The van der Waals surface area contributed by atoms with Crippen LogP contribution in [0.1, 0.15) is 20.3 Å². The Kier molecular flexibility index (Phi) is 6.62. The zero-order chi connectivity index (χ0) is 14.4. The van der Waals surface area contributed by atoms with Crippen LogP contribution in [0.25, 0.3) is 0 Å². The summed E-state index contributed by atoms with van der Waals surface area (Å²) in [6, 6.07) is 0. The maximum absolute atomic E-state index is 12.1. The molecule has 0 aliphatic rings. The number of hydrogen-bond acceptors (Lipinski definition) is 4. The second-order valence-electron chi connectivity index (χ2n) is 4.46. The lowest BCUT2D eigenvalue weighted by Gasteiger charge is -2.29. The number of carbonyl (C=O) groups excluding carboxylic acids is 1. The predicted molar refractivity (Wildman–Crippen MR) is 62.3 cm³/mol. The van der Waals surface area contributed by atoms with Crippen LogP contribution >= 0.6 is 0 Å². The topological polar surface area (TPSA) is 41.6 Å². The second-order valence-corrected chi connectivity index (χ2v) is 4.46. The zero-order valence-electron chi connectivity index (χ0n) is 11.2. The molecule has 0 saturated heterocycles. The van der Waals surface area contributed by atoms with E-state index in [4.69, 9.17) is 0 Å². The van der Waals surface area contributed by atoms with Crippen LogP contribution in [0.15, 0.2) is 0 Å². The van der Waals surface area contributed by atoms with Crippen molar-refractivity contribution in [3.05, 3.63) is 0 Å². The van der Waals surface area contributed by atoms with Gasteiger partial charge >= 0.3 is 12.1 Å². The molecule has 1 atom stereocenters. The summed E-state index contributed by atoms with van der Waals surface area (Å²) in [5, 5.41) is 2.95. The molecule has 0 heterocycles. The van der Waals surface area contributed by atoms with Crippen LogP contribution in [-0.4, -0.2) is 56.4 Å². The Labute approximate surface area is 105 Å². The van der Waals surface area contributed by atoms with Crippen molar-refractivity contribution in [2.75, 3.05) is 33.8 Å². The highest BCUT2D eigenvalue weighted by atomic mass is 19.4. The highest BCUT2D eigenvalue weighted by molar-refractivity contribution is 5.80. The van der Waals surface area contributed by atoms with Crippen molar-refractivity contribution < 1.29 is 22.7 Å². The Bertz CT molecular complexity index is 272. The summed E-state index contributed by atoms with van der Waals surface area (Å²) in [5.74, 6) is -0.468. The van der Waals surface area contributed by atoms with Crippen LogP contribution in [0.5, 0.6) is 0 Å². The van der Waals surface area contributed by atoms with Crippen molar-refractivity contribution >= 4 is 5.97 Å². The highest BCUT2D eigenvalue weighted by Crippen LogP contribution is 2.17. The lowest BCUT2D eigenvalue weighted by atomic mass is 9.97. The zero-order valence-corrected chi connectivity index (χ0v) is 11.2. The summed E-state index contributed by atoms with van der Waals surface area (Å²) in [7, 11) is 2.63. The van der Waals surface area contributed by atoms with Gasteiger partial charge in [0.05, 0.1) is 13.7 Å². The van der Waals surface area contributed by atoms with Crippen molar-refractivity contribution in [2.24, 2.45) is 0 Å². The molecule has 1 N–H and O–H groups in total. The monoisotopic (exact) mass is 270 g/mol. The number of carbonyl (C=O) groups is 1. The minimum Gasteiger partial charge on any atom is -0.468 e. The number of esters is 1. The molecule has 0 radical (unpaired) electrons. The Morgan fingerprint density at radius 1 is 1.39 bits per heavy atom. The normalized spacial score (nSPS) is 15.6. The maximum atomic E-state index is 12.1. The summed E-state index contributed by atoms with van der Waals surface area (Å²) in [6.07, 6.45) is -3.98. The number of methoxy groups -OCH3 is 1. The van der Waals surface area contributed by atoms with Crippen molar-refractivity contribution in [3.8, 4) is 0 Å². The Hall–Kier alpha value is -0.820. The molecule has 0 saturated carbocycles. The number of hydrogen-bond donors (Lipinski definition) is 1. The minimum atomic E-state index is -4.23. The summed E-state index contributed by atoms with van der Waals surface area (Å²) in [5.41, 5.74) is -0.955. The van der Waals surface area contributed by atoms with Gasteiger partial charge in [0.25, 0.3) is 0 Å². The third-order valence-electron chi connectivity index (χ3n) is 2.65. The third kappa shape index (κ3) is 6.20. The lowest BCUT2D eigenvalue weighted by molar-refractivity contribution is -0.149. The molecule has 0 aliphatic carbocycles. The number of rotatable bonds is 7. The van der Waals surface area contributed by atoms with Crippen LogP contribution in [0, 0.1) is 0 Å². The van der Waals surface area contributed by atoms with E-state index >= 15 is 0 Å². The fraction of sp³-hybridized carbons (Fsp3) is 0.909. The molecule has 0 aromatic rings. The Balaban J connectivity index is 4.40. The van der Waals surface area contributed by atoms with Gasteiger partial charge in [-0.3, -0.25) is 9.69 Å². The van der Waals surface area contributed by atoms with Crippen LogP contribution in [0.3, 0.4) is 0 Å². The first kappa shape index (κ1) is 17.2. The Morgan fingerprint density at radius 3 is 2.33 bits per heavy atom. The van der Waals surface area contributed by atoms with Crippen LogP contribution in [0.2, 0.25) is 0 Å². The second kappa shape index (κ2) is 6.94. The maximum Gasteiger partial charge on any atom is 0.401 e. The minimum absolute atomic E-state index is 0.151. The quantitative estimate of drug-likeness (QED) is 0.710. The number of nitrogens with one attached hydrogen (secondary N) is 1. The van der Waals surface area contributed by atoms with E-state index in [-0.39, 0.29) is 13.0 Å². The first-order valence-electron chi connectivity index (χ1n) is 5.73. The summed E-state index contributed by atoms with van der Waals surface area (Å²) in [6.45, 7) is 3.15. The molecule has 0 rings (SSSR count). The van der Waals surface area contributed by atoms with Gasteiger partial charge in [0.2, 0.25) is 0 Å². The molecule has 0 bridgehead atoms. The Morgan fingerprint density at radius 2 is 1.94 bits per heavy atom. The molecule has 0 aliphatic heterocycles. The molecular weight excluding hydrogens is 249 g/mol. The van der Waals surface area contributed by atoms with E-state index in [1.165, 1.54) is 14.2 Å². The first-order valence-corrected chi connectivity index (χ1v) is 5.73. The standard InChI is InChI=1S/C11H21F3N2O2/c1-5-15-10(2,9(17)18-4)6-7-16(3)8-11(12,13)14/h15H,5-8H2,1-4H3. The molecule has 0 fully saturated rings. The molecule has 18 heavy (non-hydrogen) atoms. The number of halogens is 3. The van der Waals surface area contributed by atoms with Crippen LogP contribution in [0.4, 0.5) is 13.2 Å². The summed E-state index contributed by atoms with van der Waals surface area (Å²) < 4.78 is 41.1. The van der Waals surface area contributed by atoms with Crippen LogP contribution in [-0.2, 0) is 9.53 Å². The van der Waals surface area contributed by atoms with E-state index in [1.807, 2.05) is 6.92 Å². The average molecular weight is 270 g/mol. The lowest BCUT2D eigenvalue weighted by Crippen LogP contribution is -2.52. The molecule has 7 heteroatoms. The van der Waals surface area contributed by atoms with E-state index in [0.717, 1.165) is 4.90 Å². The van der Waals surface area contributed by atoms with Crippen molar-refractivity contribution in [1.82, 2.24) is 10.2 Å². The van der Waals surface area contributed by atoms with Crippen LogP contribution < -0.4 is 5.32 Å². The SMILES string of the molecule is CCNC(C)(CCN(C)CC(F)(F)F)C(=O)OC. The number of alkyl halides is 3. The van der Waals surface area contributed by atoms with E-state index in [2.05, 4.69) is 10.1 Å². The molecule has 0 aromatic carbocycles. The molecule has 108 valence electrons. The highest BCUT2D eigenvalue weighted by Gasteiger charge is 2.35. The average Bonchev–Trinajstić information content (AvgIpc) is 2.23. The molecular formula is C11H21F3N2O2. The number of likely N-dealkylation sites (N-methyl/N-ethyl adjacent to an activating group) is 1. The van der Waals surface area contributed by atoms with E-state index < -0.39 is 24.2 Å². The first-order chi connectivity index (χ1) is 8.14. The van der Waals surface area contributed by atoms with Gasteiger partial charge in [-0.05, 0) is 26.9 Å². The van der Waals surface area contributed by atoms with Gasteiger partial charge in [0.15, 0.2) is 0 Å². The molecule has 0 amide bonds. The third-order valence-corrected chi connectivity index (χ3v) is 2.65. The fourth-order valence-corrected chi connectivity index (χ4v) is 1.68. The van der Waals surface area contributed by atoms with Crippen molar-refractivity contribution in [2.45, 2.75) is 32.0 Å². The fourth-order valence-electron chi connectivity index (χ4n) is 1.68. The van der Waals surface area contributed by atoms with Crippen molar-refractivity contribution in [3.63, 3.8) is 0 Å². The molecule has 1 unspecified atom stereocenters. The smallest absolute Gasteiger partial charge is 0.401 e. The number of nitrogens with zero attached hydrogens (tertiary/aromatic N) is 1. The van der Waals surface area contributed by atoms with E-state index in [1.54, 1.807) is 6.92 Å². The van der Waals surface area contributed by atoms with E-state index in [9.17, 15) is 18.0 Å². The van der Waals surface area contributed by atoms with Gasteiger partial charge in [0.1, 0.15) is 5.54 Å².